The maximum absolute atomic E-state index is 12.6. The van der Waals surface area contributed by atoms with Gasteiger partial charge in [0.1, 0.15) is 5.75 Å². The van der Waals surface area contributed by atoms with E-state index in [0.29, 0.717) is 12.1 Å². The summed E-state index contributed by atoms with van der Waals surface area (Å²) in [5.74, 6) is -1.21. The minimum atomic E-state index is -4.62. The fourth-order valence-electron chi connectivity index (χ4n) is 1.58. The lowest BCUT2D eigenvalue weighted by molar-refractivity contribution is -0.137. The predicted molar refractivity (Wildman–Crippen MR) is 60.8 cm³/mol. The third-order valence-corrected chi connectivity index (χ3v) is 2.45. The van der Waals surface area contributed by atoms with Gasteiger partial charge in [-0.2, -0.15) is 13.2 Å². The number of aromatic nitrogens is 1. The second-order valence-corrected chi connectivity index (χ2v) is 3.83. The number of alkyl halides is 3. The van der Waals surface area contributed by atoms with Gasteiger partial charge < -0.3 is 5.11 Å². The Bertz CT molecular complexity index is 609. The number of aromatic hydroxyl groups is 1. The Morgan fingerprint density at radius 3 is 2.26 bits per heavy atom. The van der Waals surface area contributed by atoms with Crippen LogP contribution in [0.3, 0.4) is 0 Å². The summed E-state index contributed by atoms with van der Waals surface area (Å²) in [5, 5.41) is 9.29. The maximum atomic E-state index is 12.6. The number of benzene rings is 1. The average Bonchev–Trinajstić information content (AvgIpc) is 2.37. The van der Waals surface area contributed by atoms with E-state index in [4.69, 9.17) is 0 Å². The van der Waals surface area contributed by atoms with Crippen LogP contribution in [0, 0.1) is 0 Å². The molecule has 19 heavy (non-hydrogen) atoms. The number of phenols is 1. The Balaban J connectivity index is 2.46. The first-order chi connectivity index (χ1) is 8.88. The molecule has 1 aromatic carbocycles. The molecule has 2 rings (SSSR count). The smallest absolute Gasteiger partial charge is 0.416 e. The van der Waals surface area contributed by atoms with E-state index in [-0.39, 0.29) is 11.1 Å². The summed E-state index contributed by atoms with van der Waals surface area (Å²) in [6, 6.07) is 5.06. The van der Waals surface area contributed by atoms with Crippen LogP contribution in [0.5, 0.6) is 5.75 Å². The molecular weight excluding hydrogens is 259 g/mol. The molecule has 0 aliphatic carbocycles. The van der Waals surface area contributed by atoms with Crippen molar-refractivity contribution in [3.63, 3.8) is 0 Å². The zero-order valence-electron chi connectivity index (χ0n) is 9.48. The van der Waals surface area contributed by atoms with Crippen LogP contribution in [0.1, 0.15) is 21.5 Å². The molecule has 0 aliphatic heterocycles. The van der Waals surface area contributed by atoms with Crippen LogP contribution in [0.25, 0.3) is 0 Å². The molecule has 0 bridgehead atoms. The van der Waals surface area contributed by atoms with E-state index < -0.39 is 23.3 Å². The van der Waals surface area contributed by atoms with Gasteiger partial charge in [-0.1, -0.05) is 0 Å². The molecule has 0 unspecified atom stereocenters. The highest BCUT2D eigenvalue weighted by molar-refractivity contribution is 6.09. The highest BCUT2D eigenvalue weighted by atomic mass is 19.4. The van der Waals surface area contributed by atoms with Crippen molar-refractivity contribution < 1.29 is 23.1 Å². The molecule has 1 aromatic heterocycles. The van der Waals surface area contributed by atoms with E-state index >= 15 is 0 Å². The molecule has 0 aliphatic rings. The largest absolute Gasteiger partial charge is 0.508 e. The van der Waals surface area contributed by atoms with Crippen LogP contribution in [0.4, 0.5) is 13.2 Å². The first kappa shape index (κ1) is 13.1. The Hall–Kier alpha value is -2.37. The number of nitrogens with zero attached hydrogens (tertiary/aromatic N) is 1. The molecule has 0 spiro atoms. The zero-order chi connectivity index (χ0) is 14.0. The van der Waals surface area contributed by atoms with E-state index in [2.05, 4.69) is 4.98 Å². The number of carbonyl (C=O) groups is 1. The van der Waals surface area contributed by atoms with Crippen LogP contribution in [0.15, 0.2) is 42.7 Å². The van der Waals surface area contributed by atoms with Gasteiger partial charge in [-0.3, -0.25) is 9.78 Å². The van der Waals surface area contributed by atoms with Crippen LogP contribution >= 0.6 is 0 Å². The van der Waals surface area contributed by atoms with Gasteiger partial charge in [-0.15, -0.1) is 0 Å². The van der Waals surface area contributed by atoms with Crippen molar-refractivity contribution in [3.8, 4) is 5.75 Å². The van der Waals surface area contributed by atoms with Crippen molar-refractivity contribution in [2.24, 2.45) is 0 Å². The molecule has 3 nitrogen and oxygen atoms in total. The first-order valence-electron chi connectivity index (χ1n) is 5.24. The number of hydrogen-bond donors (Lipinski definition) is 1. The molecule has 0 amide bonds. The van der Waals surface area contributed by atoms with Crippen LogP contribution in [-0.4, -0.2) is 15.9 Å². The number of halogens is 3. The van der Waals surface area contributed by atoms with Crippen molar-refractivity contribution in [3.05, 3.63) is 59.4 Å². The normalized spacial score (nSPS) is 11.3. The van der Waals surface area contributed by atoms with Gasteiger partial charge in [0.15, 0.2) is 5.78 Å². The van der Waals surface area contributed by atoms with Gasteiger partial charge in [0.05, 0.1) is 5.56 Å². The zero-order valence-corrected chi connectivity index (χ0v) is 9.48. The third kappa shape index (κ3) is 2.90. The molecule has 0 saturated heterocycles. The summed E-state index contributed by atoms with van der Waals surface area (Å²) >= 11 is 0. The summed E-state index contributed by atoms with van der Waals surface area (Å²) in [7, 11) is 0. The predicted octanol–water partition coefficient (Wildman–Crippen LogP) is 3.04. The molecule has 1 N–H and O–H groups in total. The first-order valence-corrected chi connectivity index (χ1v) is 5.24. The molecule has 6 heteroatoms. The lowest BCUT2D eigenvalue weighted by Crippen LogP contribution is -2.08. The van der Waals surface area contributed by atoms with Crippen molar-refractivity contribution in [1.82, 2.24) is 4.98 Å². The summed E-state index contributed by atoms with van der Waals surface area (Å²) in [6.45, 7) is 0. The lowest BCUT2D eigenvalue weighted by Gasteiger charge is -2.09. The van der Waals surface area contributed by atoms with Crippen LogP contribution < -0.4 is 0 Å². The molecular formula is C13H8F3NO2. The standard InChI is InChI=1S/C13H8F3NO2/c14-13(15,16)10-5-9(6-11(18)7-10)12(19)8-1-3-17-4-2-8/h1-7,18H. The highest BCUT2D eigenvalue weighted by Crippen LogP contribution is 2.32. The molecule has 2 aromatic rings. The molecule has 0 saturated carbocycles. The van der Waals surface area contributed by atoms with Gasteiger partial charge >= 0.3 is 6.18 Å². The van der Waals surface area contributed by atoms with Gasteiger partial charge in [-0.05, 0) is 30.3 Å². The van der Waals surface area contributed by atoms with Crippen molar-refractivity contribution in [1.29, 1.82) is 0 Å². The fraction of sp³-hybridized carbons (Fsp3) is 0.0769. The van der Waals surface area contributed by atoms with Crippen LogP contribution in [-0.2, 0) is 6.18 Å². The summed E-state index contributed by atoms with van der Waals surface area (Å²) in [4.78, 5) is 15.7. The van der Waals surface area contributed by atoms with Gasteiger partial charge in [-0.25, -0.2) is 0 Å². The highest BCUT2D eigenvalue weighted by Gasteiger charge is 2.32. The minimum Gasteiger partial charge on any atom is -0.508 e. The topological polar surface area (TPSA) is 50.2 Å². The molecule has 0 atom stereocenters. The van der Waals surface area contributed by atoms with E-state index in [9.17, 15) is 23.1 Å². The van der Waals surface area contributed by atoms with E-state index in [1.165, 1.54) is 24.5 Å². The van der Waals surface area contributed by atoms with E-state index in [1.807, 2.05) is 0 Å². The van der Waals surface area contributed by atoms with Crippen molar-refractivity contribution in [2.45, 2.75) is 6.18 Å². The Morgan fingerprint density at radius 2 is 1.68 bits per heavy atom. The number of carbonyl (C=O) groups excluding carboxylic acids is 1. The maximum Gasteiger partial charge on any atom is 0.416 e. The monoisotopic (exact) mass is 267 g/mol. The Morgan fingerprint density at radius 1 is 1.05 bits per heavy atom. The summed E-state index contributed by atoms with van der Waals surface area (Å²) < 4.78 is 37.7. The Labute approximate surface area is 106 Å². The van der Waals surface area contributed by atoms with Gasteiger partial charge in [0.25, 0.3) is 0 Å². The second-order valence-electron chi connectivity index (χ2n) is 3.83. The average molecular weight is 267 g/mol. The minimum absolute atomic E-state index is 0.203. The van der Waals surface area contributed by atoms with Gasteiger partial charge in [0, 0.05) is 23.5 Å². The number of ketones is 1. The molecule has 0 fully saturated rings. The quantitative estimate of drug-likeness (QED) is 0.851. The summed E-state index contributed by atoms with van der Waals surface area (Å²) in [6.07, 6.45) is -1.90. The molecule has 0 radical (unpaired) electrons. The number of rotatable bonds is 2. The fourth-order valence-corrected chi connectivity index (χ4v) is 1.58. The second kappa shape index (κ2) is 4.72. The van der Waals surface area contributed by atoms with Crippen molar-refractivity contribution >= 4 is 5.78 Å². The SMILES string of the molecule is O=C(c1ccncc1)c1cc(O)cc(C(F)(F)F)c1. The van der Waals surface area contributed by atoms with Crippen LogP contribution in [0.2, 0.25) is 0 Å². The lowest BCUT2D eigenvalue weighted by atomic mass is 10.0. The summed E-state index contributed by atoms with van der Waals surface area (Å²) in [5.41, 5.74) is -1.09. The molecule has 98 valence electrons. The number of phenolic OH excluding ortho intramolecular Hbond substituents is 1. The van der Waals surface area contributed by atoms with Crippen molar-refractivity contribution in [2.75, 3.05) is 0 Å². The number of pyridine rings is 1. The van der Waals surface area contributed by atoms with E-state index in [1.54, 1.807) is 0 Å². The molecule has 1 heterocycles. The third-order valence-electron chi connectivity index (χ3n) is 2.45. The van der Waals surface area contributed by atoms with Gasteiger partial charge in [0.2, 0.25) is 0 Å². The Kier molecular flexibility index (Phi) is 3.25. The van der Waals surface area contributed by atoms with E-state index in [0.717, 1.165) is 6.07 Å². The number of hydrogen-bond acceptors (Lipinski definition) is 3.